The van der Waals surface area contributed by atoms with Gasteiger partial charge in [0.25, 0.3) is 0 Å². The molecular formula is C37H37F6N3O9. The van der Waals surface area contributed by atoms with Crippen molar-refractivity contribution in [2.24, 2.45) is 5.92 Å². The Kier molecular flexibility index (Phi) is 12.9. The standard InChI is InChI=1S/C37H37F6N3O9/c1-22(47)44-30-17-18-46(34(49)45-30)33-32(53-21-52-20-29(36(38,39)40)37(41,42)43)31(48)28(55-33)19-54-35(23-7-5-4-6-8-23,24-9-13-26(50-2)14-10-24)25-11-15-27(51-3)16-12-25/h4-18,28-29,31-33,48H,19-21H2,1-3H3,(H,44,45,47,49)/t28-,31?,32+,33-/m1/s1. The predicted molar refractivity (Wildman–Crippen MR) is 182 cm³/mol. The van der Waals surface area contributed by atoms with E-state index in [1.807, 2.05) is 18.2 Å². The van der Waals surface area contributed by atoms with E-state index in [-0.39, 0.29) is 5.82 Å². The van der Waals surface area contributed by atoms with Crippen molar-refractivity contribution in [1.82, 2.24) is 9.55 Å². The summed E-state index contributed by atoms with van der Waals surface area (Å²) >= 11 is 0. The fourth-order valence-electron chi connectivity index (χ4n) is 6.06. The lowest BCUT2D eigenvalue weighted by Crippen LogP contribution is -2.42. The van der Waals surface area contributed by atoms with E-state index in [0.717, 1.165) is 10.8 Å². The van der Waals surface area contributed by atoms with E-state index < -0.39 is 80.0 Å². The highest BCUT2D eigenvalue weighted by Gasteiger charge is 2.57. The summed E-state index contributed by atoms with van der Waals surface area (Å²) in [6, 6.07) is 24.3. The zero-order valence-electron chi connectivity index (χ0n) is 29.5. The maximum atomic E-state index is 13.1. The van der Waals surface area contributed by atoms with Gasteiger partial charge in [-0.15, -0.1) is 0 Å². The van der Waals surface area contributed by atoms with E-state index in [4.69, 9.17) is 23.7 Å². The van der Waals surface area contributed by atoms with Crippen LogP contribution in [-0.4, -0.2) is 85.5 Å². The van der Waals surface area contributed by atoms with Crippen LogP contribution in [0.5, 0.6) is 11.5 Å². The molecule has 1 unspecified atom stereocenters. The van der Waals surface area contributed by atoms with Crippen molar-refractivity contribution in [2.75, 3.05) is 39.5 Å². The lowest BCUT2D eigenvalue weighted by Gasteiger charge is -2.37. The highest BCUT2D eigenvalue weighted by atomic mass is 19.4. The molecule has 0 aliphatic carbocycles. The number of halogens is 6. The van der Waals surface area contributed by atoms with E-state index in [0.29, 0.717) is 28.2 Å². The van der Waals surface area contributed by atoms with E-state index in [9.17, 15) is 41.0 Å². The topological polar surface area (TPSA) is 140 Å². The maximum Gasteiger partial charge on any atom is 0.402 e. The van der Waals surface area contributed by atoms with Gasteiger partial charge in [0.2, 0.25) is 5.91 Å². The summed E-state index contributed by atoms with van der Waals surface area (Å²) in [7, 11) is 3.02. The molecule has 296 valence electrons. The lowest BCUT2D eigenvalue weighted by atomic mass is 9.80. The van der Waals surface area contributed by atoms with E-state index in [2.05, 4.69) is 15.0 Å². The molecule has 18 heteroatoms. The Morgan fingerprint density at radius 1 is 0.873 bits per heavy atom. The molecule has 0 bridgehead atoms. The van der Waals surface area contributed by atoms with Crippen LogP contribution in [0.4, 0.5) is 32.2 Å². The molecule has 1 aromatic heterocycles. The second-order valence-corrected chi connectivity index (χ2v) is 12.3. The van der Waals surface area contributed by atoms with Gasteiger partial charge >= 0.3 is 18.0 Å². The minimum atomic E-state index is -5.66. The lowest BCUT2D eigenvalue weighted by molar-refractivity contribution is -0.299. The van der Waals surface area contributed by atoms with Crippen molar-refractivity contribution in [3.63, 3.8) is 0 Å². The summed E-state index contributed by atoms with van der Waals surface area (Å²) in [6.07, 6.45) is -16.3. The van der Waals surface area contributed by atoms with Gasteiger partial charge in [-0.1, -0.05) is 54.6 Å². The van der Waals surface area contributed by atoms with E-state index in [1.54, 1.807) is 60.7 Å². The first-order chi connectivity index (χ1) is 26.1. The van der Waals surface area contributed by atoms with Crippen molar-refractivity contribution >= 4 is 11.7 Å². The number of ether oxygens (including phenoxy) is 6. The summed E-state index contributed by atoms with van der Waals surface area (Å²) in [6.45, 7) is -2.21. The number of nitrogens with one attached hydrogen (secondary N) is 1. The van der Waals surface area contributed by atoms with Crippen molar-refractivity contribution in [1.29, 1.82) is 0 Å². The van der Waals surface area contributed by atoms with Crippen LogP contribution < -0.4 is 20.5 Å². The number of rotatable bonds is 15. The van der Waals surface area contributed by atoms with Crippen LogP contribution in [0.15, 0.2) is 95.9 Å². The Morgan fingerprint density at radius 2 is 1.42 bits per heavy atom. The molecule has 1 aliphatic rings. The number of aromatic nitrogens is 2. The number of aliphatic hydroxyl groups is 1. The Balaban J connectivity index is 1.50. The van der Waals surface area contributed by atoms with Crippen LogP contribution in [0.3, 0.4) is 0 Å². The first-order valence-corrected chi connectivity index (χ1v) is 16.6. The number of nitrogens with zero attached hydrogens (tertiary/aromatic N) is 2. The molecule has 0 spiro atoms. The zero-order valence-corrected chi connectivity index (χ0v) is 29.5. The molecule has 1 amide bonds. The number of carbonyl (C=O) groups excluding carboxylic acids is 1. The number of methoxy groups -OCH3 is 2. The van der Waals surface area contributed by atoms with Gasteiger partial charge in [-0.05, 0) is 47.0 Å². The highest BCUT2D eigenvalue weighted by molar-refractivity contribution is 5.87. The Hall–Kier alpha value is -5.01. The molecule has 1 aliphatic heterocycles. The summed E-state index contributed by atoms with van der Waals surface area (Å²) in [5.74, 6) is -3.34. The molecule has 4 aromatic rings. The third kappa shape index (κ3) is 9.45. The summed E-state index contributed by atoms with van der Waals surface area (Å²) in [5.41, 5.74) is -0.513. The Bertz CT molecular complexity index is 1870. The van der Waals surface area contributed by atoms with Crippen LogP contribution in [0, 0.1) is 5.92 Å². The third-order valence-electron chi connectivity index (χ3n) is 8.78. The third-order valence-corrected chi connectivity index (χ3v) is 8.78. The molecule has 0 radical (unpaired) electrons. The average Bonchev–Trinajstić information content (AvgIpc) is 3.45. The summed E-state index contributed by atoms with van der Waals surface area (Å²) in [5, 5.41) is 13.9. The molecule has 4 atom stereocenters. The zero-order chi connectivity index (χ0) is 40.0. The number of aliphatic hydroxyl groups excluding tert-OH is 1. The largest absolute Gasteiger partial charge is 0.497 e. The van der Waals surface area contributed by atoms with Gasteiger partial charge in [-0.2, -0.15) is 31.3 Å². The minimum absolute atomic E-state index is 0.120. The van der Waals surface area contributed by atoms with Crippen molar-refractivity contribution in [3.8, 4) is 11.5 Å². The summed E-state index contributed by atoms with van der Waals surface area (Å²) in [4.78, 5) is 28.4. The average molecular weight is 782 g/mol. The van der Waals surface area contributed by atoms with Gasteiger partial charge in [0.05, 0.1) is 27.4 Å². The SMILES string of the molecule is COc1ccc(C(OC[C@H]2O[C@@H](n3ccc(NC(C)=O)nc3=O)[C@@H](OCOCC(C(F)(F)F)C(F)(F)F)C2O)(c2ccccc2)c2ccc(OC)cc2)cc1. The molecule has 5 rings (SSSR count). The van der Waals surface area contributed by atoms with Crippen LogP contribution >= 0.6 is 0 Å². The number of benzene rings is 3. The van der Waals surface area contributed by atoms with E-state index >= 15 is 0 Å². The van der Waals surface area contributed by atoms with Gasteiger partial charge in [0.1, 0.15) is 48.0 Å². The van der Waals surface area contributed by atoms with Crippen LogP contribution in [0.2, 0.25) is 0 Å². The van der Waals surface area contributed by atoms with Gasteiger partial charge in [0.15, 0.2) is 12.1 Å². The van der Waals surface area contributed by atoms with E-state index in [1.165, 1.54) is 27.2 Å². The van der Waals surface area contributed by atoms with Gasteiger partial charge in [-0.25, -0.2) is 4.79 Å². The smallest absolute Gasteiger partial charge is 0.402 e. The van der Waals surface area contributed by atoms with Gasteiger partial charge in [0, 0.05) is 13.1 Å². The van der Waals surface area contributed by atoms with Gasteiger partial charge < -0.3 is 38.8 Å². The first-order valence-electron chi connectivity index (χ1n) is 16.6. The minimum Gasteiger partial charge on any atom is -0.497 e. The first kappa shape index (κ1) is 41.2. The van der Waals surface area contributed by atoms with Crippen LogP contribution in [0.1, 0.15) is 29.8 Å². The second kappa shape index (κ2) is 17.2. The molecule has 55 heavy (non-hydrogen) atoms. The molecule has 2 N–H and O–H groups in total. The second-order valence-electron chi connectivity index (χ2n) is 12.3. The number of hydrogen-bond acceptors (Lipinski definition) is 10. The predicted octanol–water partition coefficient (Wildman–Crippen LogP) is 5.59. The normalized spacial score (nSPS) is 19.0. The monoisotopic (exact) mass is 781 g/mol. The number of anilines is 1. The van der Waals surface area contributed by atoms with Crippen molar-refractivity contribution in [2.45, 2.75) is 49.4 Å². The van der Waals surface area contributed by atoms with Gasteiger partial charge in [-0.3, -0.25) is 9.36 Å². The number of hydrogen-bond donors (Lipinski definition) is 2. The maximum absolute atomic E-state index is 13.1. The number of alkyl halides is 6. The highest BCUT2D eigenvalue weighted by Crippen LogP contribution is 2.43. The molecule has 3 aromatic carbocycles. The van der Waals surface area contributed by atoms with Crippen LogP contribution in [-0.2, 0) is 29.3 Å². The van der Waals surface area contributed by atoms with Crippen molar-refractivity contribution < 1.29 is 64.7 Å². The summed E-state index contributed by atoms with van der Waals surface area (Å²) < 4.78 is 113. The fourth-order valence-corrected chi connectivity index (χ4v) is 6.06. The quantitative estimate of drug-likeness (QED) is 0.0680. The molecular weight excluding hydrogens is 744 g/mol. The molecule has 2 heterocycles. The van der Waals surface area contributed by atoms with Crippen molar-refractivity contribution in [3.05, 3.63) is 118 Å². The molecule has 12 nitrogen and oxygen atoms in total. The fraction of sp³-hybridized carbons (Fsp3) is 0.378. The number of amides is 1. The van der Waals surface area contributed by atoms with Crippen LogP contribution in [0.25, 0.3) is 0 Å². The number of carbonyl (C=O) groups is 1. The Labute approximate surface area is 310 Å². The molecule has 0 saturated carbocycles. The Morgan fingerprint density at radius 3 is 1.91 bits per heavy atom. The molecule has 1 saturated heterocycles. The molecule has 1 fully saturated rings.